The molecule has 2 amide bonds. The van der Waals surface area contributed by atoms with E-state index in [2.05, 4.69) is 9.97 Å². The molecule has 2 aromatic heterocycles. The molecule has 2 aliphatic heterocycles. The van der Waals surface area contributed by atoms with Gasteiger partial charge in [0.1, 0.15) is 11.6 Å². The largest absolute Gasteiger partial charge is 0.469 e. The number of carbonyl (C=O) groups excluding carboxylic acids is 5. The highest BCUT2D eigenvalue weighted by Gasteiger charge is 2.39. The van der Waals surface area contributed by atoms with E-state index >= 15 is 0 Å². The van der Waals surface area contributed by atoms with Crippen LogP contribution in [0.15, 0.2) is 97.1 Å². The molecule has 2 aliphatic rings. The Morgan fingerprint density at radius 2 is 1.03 bits per heavy atom. The predicted molar refractivity (Wildman–Crippen MR) is 215 cm³/mol. The van der Waals surface area contributed by atoms with Gasteiger partial charge in [-0.15, -0.1) is 0 Å². The van der Waals surface area contributed by atoms with E-state index in [1.54, 1.807) is 46.2 Å². The fraction of sp³-hybridized carbons (Fsp3) is 0.311. The lowest BCUT2D eigenvalue weighted by Gasteiger charge is -2.28. The smallest absolute Gasteiger partial charge is 0.306 e. The fourth-order valence-electron chi connectivity index (χ4n) is 8.42. The van der Waals surface area contributed by atoms with Gasteiger partial charge in [-0.3, -0.25) is 24.0 Å². The van der Waals surface area contributed by atoms with Crippen molar-refractivity contribution in [1.29, 1.82) is 0 Å². The van der Waals surface area contributed by atoms with Crippen molar-refractivity contribution in [2.75, 3.05) is 27.3 Å². The third kappa shape index (κ3) is 7.59. The Bertz CT molecular complexity index is 2330. The van der Waals surface area contributed by atoms with Crippen LogP contribution in [-0.2, 0) is 28.7 Å². The van der Waals surface area contributed by atoms with Gasteiger partial charge >= 0.3 is 11.9 Å². The first-order valence-electron chi connectivity index (χ1n) is 19.6. The molecule has 13 heteroatoms. The number of ether oxygens (including phenoxy) is 2. The molecule has 6 aromatic rings. The highest BCUT2D eigenvalue weighted by Crippen LogP contribution is 2.37. The molecule has 2 N–H and O–H groups in total. The number of aromatic amines is 2. The summed E-state index contributed by atoms with van der Waals surface area (Å²) in [5.41, 5.74) is 5.12. The SMILES string of the molecule is COC(=O)C[C@@H](C(=O)N1CCC[C@H]1c1nc2ccc(C(=O)c3ccc4nc([C@@H]5CCCN5C(=O)[C@H](CC(=O)OC)c5ccccc5)[nH]c4c3)cc2[nH]1)c1ccccc1. The van der Waals surface area contributed by atoms with Crippen LogP contribution >= 0.6 is 0 Å². The molecule has 296 valence electrons. The van der Waals surface area contributed by atoms with Crippen molar-refractivity contribution in [3.63, 3.8) is 0 Å². The Kier molecular flexibility index (Phi) is 10.9. The van der Waals surface area contributed by atoms with E-state index in [4.69, 9.17) is 19.4 Å². The molecule has 4 heterocycles. The van der Waals surface area contributed by atoms with Gasteiger partial charge in [0.15, 0.2) is 5.78 Å². The molecule has 0 saturated carbocycles. The number of methoxy groups -OCH3 is 2. The molecule has 8 rings (SSSR count). The van der Waals surface area contributed by atoms with Crippen molar-refractivity contribution < 1.29 is 33.4 Å². The number of nitrogens with one attached hydrogen (secondary N) is 2. The topological polar surface area (TPSA) is 168 Å². The lowest BCUT2D eigenvalue weighted by Crippen LogP contribution is -2.36. The summed E-state index contributed by atoms with van der Waals surface area (Å²) in [5, 5.41) is 0. The maximum Gasteiger partial charge on any atom is 0.306 e. The van der Waals surface area contributed by atoms with Crippen molar-refractivity contribution >= 4 is 51.6 Å². The van der Waals surface area contributed by atoms with E-state index in [9.17, 15) is 24.0 Å². The molecule has 13 nitrogen and oxygen atoms in total. The number of rotatable bonds is 12. The number of hydrogen-bond donors (Lipinski definition) is 2. The molecular formula is C45H44N6O7. The molecule has 0 unspecified atom stereocenters. The van der Waals surface area contributed by atoms with Gasteiger partial charge in [-0.1, -0.05) is 60.7 Å². The number of fused-ring (bicyclic) bond motifs is 2. The van der Waals surface area contributed by atoms with Crippen molar-refractivity contribution in [3.05, 3.63) is 131 Å². The summed E-state index contributed by atoms with van der Waals surface area (Å²) in [6.45, 7) is 1.07. The lowest BCUT2D eigenvalue weighted by molar-refractivity contribution is -0.145. The zero-order chi connectivity index (χ0) is 40.3. The number of nitrogens with zero attached hydrogens (tertiary/aromatic N) is 4. The summed E-state index contributed by atoms with van der Waals surface area (Å²) in [5.74, 6) is -1.53. The summed E-state index contributed by atoms with van der Waals surface area (Å²) in [7, 11) is 2.64. The number of imidazole rings is 2. The summed E-state index contributed by atoms with van der Waals surface area (Å²) >= 11 is 0. The molecule has 58 heavy (non-hydrogen) atoms. The summed E-state index contributed by atoms with van der Waals surface area (Å²) < 4.78 is 9.86. The lowest BCUT2D eigenvalue weighted by atomic mass is 9.94. The number of amides is 2. The standard InChI is InChI=1S/C45H44N6O7/c1-57-39(52)25-31(27-11-5-3-6-12-27)44(55)50-21-9-15-37(50)42-46-33-19-17-29(23-35(33)48-42)41(54)30-18-20-34-36(24-30)49-43(47-34)38-16-10-22-51(38)45(56)32(26-40(53)58-2)28-13-7-4-8-14-28/h3-8,11-14,17-20,23-24,31-32,37-38H,9-10,15-16,21-22,25-26H2,1-2H3,(H,46,48)(H,47,49)/t31-,32-,37+,38+/m1/s1. The minimum Gasteiger partial charge on any atom is -0.469 e. The first-order chi connectivity index (χ1) is 28.2. The maximum absolute atomic E-state index is 14.0. The summed E-state index contributed by atoms with van der Waals surface area (Å²) in [4.78, 5) is 86.7. The van der Waals surface area contributed by atoms with Crippen molar-refractivity contribution in [3.8, 4) is 0 Å². The molecule has 2 saturated heterocycles. The van der Waals surface area contributed by atoms with Crippen LogP contribution in [-0.4, -0.2) is 86.6 Å². The van der Waals surface area contributed by atoms with E-state index in [1.165, 1.54) is 14.2 Å². The van der Waals surface area contributed by atoms with Crippen molar-refractivity contribution in [2.24, 2.45) is 0 Å². The molecule has 4 atom stereocenters. The Morgan fingerprint density at radius 3 is 1.43 bits per heavy atom. The molecule has 0 bridgehead atoms. The Labute approximate surface area is 334 Å². The van der Waals surface area contributed by atoms with Crippen LogP contribution in [0, 0.1) is 0 Å². The van der Waals surface area contributed by atoms with E-state index in [-0.39, 0.29) is 42.5 Å². The zero-order valence-corrected chi connectivity index (χ0v) is 32.4. The Balaban J connectivity index is 1.01. The Hall–Kier alpha value is -6.63. The molecule has 4 aromatic carbocycles. The average molecular weight is 781 g/mol. The normalized spacial score (nSPS) is 17.7. The second-order valence-electron chi connectivity index (χ2n) is 14.9. The maximum atomic E-state index is 14.0. The molecule has 2 fully saturated rings. The number of ketones is 1. The number of H-pyrrole nitrogens is 2. The number of likely N-dealkylation sites (tertiary alicyclic amines) is 2. The average Bonchev–Trinajstić information content (AvgIpc) is 4.09. The quantitative estimate of drug-likeness (QED) is 0.102. The van der Waals surface area contributed by atoms with Gasteiger partial charge < -0.3 is 29.2 Å². The number of benzene rings is 4. The number of hydrogen-bond acceptors (Lipinski definition) is 9. The van der Waals surface area contributed by atoms with E-state index in [1.807, 2.05) is 60.7 Å². The van der Waals surface area contributed by atoms with Gasteiger partial charge in [0.25, 0.3) is 0 Å². The number of carbonyl (C=O) groups is 5. The van der Waals surface area contributed by atoms with Crippen molar-refractivity contribution in [2.45, 2.75) is 62.4 Å². The minimum atomic E-state index is -0.684. The van der Waals surface area contributed by atoms with Crippen LogP contribution in [0.4, 0.5) is 0 Å². The van der Waals surface area contributed by atoms with Gasteiger partial charge in [-0.2, -0.15) is 0 Å². The first kappa shape index (κ1) is 38.3. The highest BCUT2D eigenvalue weighted by molar-refractivity contribution is 6.11. The van der Waals surface area contributed by atoms with Crippen LogP contribution in [0.2, 0.25) is 0 Å². The number of aromatic nitrogens is 4. The van der Waals surface area contributed by atoms with Gasteiger partial charge in [0, 0.05) is 24.2 Å². The Morgan fingerprint density at radius 1 is 0.621 bits per heavy atom. The van der Waals surface area contributed by atoms with Crippen LogP contribution in [0.5, 0.6) is 0 Å². The summed E-state index contributed by atoms with van der Waals surface area (Å²) in [6.07, 6.45) is 2.85. The van der Waals surface area contributed by atoms with Gasteiger partial charge in [0.2, 0.25) is 11.8 Å². The highest BCUT2D eigenvalue weighted by atomic mass is 16.5. The zero-order valence-electron chi connectivity index (χ0n) is 32.4. The second kappa shape index (κ2) is 16.5. The monoisotopic (exact) mass is 780 g/mol. The second-order valence-corrected chi connectivity index (χ2v) is 14.9. The van der Waals surface area contributed by atoms with Gasteiger partial charge in [0.05, 0.1) is 73.0 Å². The third-order valence-electron chi connectivity index (χ3n) is 11.4. The van der Waals surface area contributed by atoms with Crippen molar-refractivity contribution in [1.82, 2.24) is 29.7 Å². The fourth-order valence-corrected chi connectivity index (χ4v) is 8.42. The molecular weight excluding hydrogens is 737 g/mol. The molecule has 0 radical (unpaired) electrons. The summed E-state index contributed by atoms with van der Waals surface area (Å²) in [6, 6.07) is 28.6. The van der Waals surface area contributed by atoms with E-state index < -0.39 is 23.8 Å². The van der Waals surface area contributed by atoms with E-state index in [0.717, 1.165) is 24.0 Å². The predicted octanol–water partition coefficient (Wildman–Crippen LogP) is 6.69. The molecule has 0 spiro atoms. The first-order valence-corrected chi connectivity index (χ1v) is 19.6. The molecule has 0 aliphatic carbocycles. The van der Waals surface area contributed by atoms with Gasteiger partial charge in [-0.05, 0) is 73.2 Å². The van der Waals surface area contributed by atoms with E-state index in [0.29, 0.717) is 70.8 Å². The number of esters is 2. The van der Waals surface area contributed by atoms with Crippen LogP contribution in [0.25, 0.3) is 22.1 Å². The van der Waals surface area contributed by atoms with Crippen LogP contribution < -0.4 is 0 Å². The third-order valence-corrected chi connectivity index (χ3v) is 11.4. The van der Waals surface area contributed by atoms with Crippen LogP contribution in [0.1, 0.15) is 101 Å². The van der Waals surface area contributed by atoms with Gasteiger partial charge in [-0.25, -0.2) is 9.97 Å². The minimum absolute atomic E-state index is 0.0633. The van der Waals surface area contributed by atoms with Crippen LogP contribution in [0.3, 0.4) is 0 Å².